The predicted molar refractivity (Wildman–Crippen MR) is 95.3 cm³/mol. The van der Waals surface area contributed by atoms with Crippen molar-refractivity contribution in [3.8, 4) is 5.75 Å². The smallest absolute Gasteiger partial charge is 0.311 e. The fourth-order valence-electron chi connectivity index (χ4n) is 5.46. The second kappa shape index (κ2) is 5.79. The van der Waals surface area contributed by atoms with E-state index in [1.54, 1.807) is 0 Å². The van der Waals surface area contributed by atoms with Gasteiger partial charge in [0.05, 0.1) is 12.5 Å². The molecule has 24 heavy (non-hydrogen) atoms. The van der Waals surface area contributed by atoms with Crippen LogP contribution in [0.4, 0.5) is 0 Å². The Morgan fingerprint density at radius 1 is 1.29 bits per heavy atom. The molecule has 1 fully saturated rings. The first-order chi connectivity index (χ1) is 11.2. The van der Waals surface area contributed by atoms with Gasteiger partial charge >= 0.3 is 5.97 Å². The van der Waals surface area contributed by atoms with Crippen LogP contribution >= 0.6 is 0 Å². The van der Waals surface area contributed by atoms with E-state index in [4.69, 9.17) is 4.74 Å². The van der Waals surface area contributed by atoms with E-state index in [1.807, 2.05) is 6.07 Å². The average molecular weight is 330 g/mol. The van der Waals surface area contributed by atoms with Crippen molar-refractivity contribution in [2.75, 3.05) is 7.11 Å². The van der Waals surface area contributed by atoms with E-state index in [-0.39, 0.29) is 17.3 Å². The highest BCUT2D eigenvalue weighted by Gasteiger charge is 2.55. The maximum atomic E-state index is 12.5. The zero-order valence-corrected chi connectivity index (χ0v) is 15.6. The van der Waals surface area contributed by atoms with Crippen LogP contribution in [0.15, 0.2) is 12.1 Å². The highest BCUT2D eigenvalue weighted by Crippen LogP contribution is 2.58. The molecule has 0 spiro atoms. The summed E-state index contributed by atoms with van der Waals surface area (Å²) in [7, 11) is 1.50. The minimum atomic E-state index is -0.425. The van der Waals surface area contributed by atoms with Crippen LogP contribution in [0.25, 0.3) is 0 Å². The van der Waals surface area contributed by atoms with Crippen LogP contribution in [0.3, 0.4) is 0 Å². The minimum Gasteiger partial charge on any atom is -0.508 e. The van der Waals surface area contributed by atoms with E-state index in [0.29, 0.717) is 11.7 Å². The number of aryl methyl sites for hydroxylation is 1. The summed E-state index contributed by atoms with van der Waals surface area (Å²) in [6.45, 7) is 8.59. The van der Waals surface area contributed by atoms with Gasteiger partial charge in [-0.15, -0.1) is 0 Å². The van der Waals surface area contributed by atoms with Crippen LogP contribution in [0.2, 0.25) is 0 Å². The number of phenolic OH excluding ortho intramolecular Hbond substituents is 1. The van der Waals surface area contributed by atoms with Crippen molar-refractivity contribution in [2.45, 2.75) is 71.1 Å². The lowest BCUT2D eigenvalue weighted by atomic mass is 9.49. The molecule has 2 aliphatic carbocycles. The molecule has 0 heterocycles. The zero-order chi connectivity index (χ0) is 17.7. The van der Waals surface area contributed by atoms with E-state index in [2.05, 4.69) is 33.8 Å². The summed E-state index contributed by atoms with van der Waals surface area (Å²) < 4.78 is 5.16. The van der Waals surface area contributed by atoms with Crippen LogP contribution in [0.5, 0.6) is 5.75 Å². The van der Waals surface area contributed by atoms with Gasteiger partial charge in [-0.2, -0.15) is 0 Å². The summed E-state index contributed by atoms with van der Waals surface area (Å²) in [4.78, 5) is 12.5. The van der Waals surface area contributed by atoms with Crippen LogP contribution in [-0.4, -0.2) is 18.2 Å². The molecule has 1 aromatic rings. The first kappa shape index (κ1) is 17.3. The summed E-state index contributed by atoms with van der Waals surface area (Å²) in [5, 5.41) is 10.5. The Hall–Kier alpha value is -1.51. The molecule has 0 radical (unpaired) electrons. The lowest BCUT2D eigenvalue weighted by Gasteiger charge is -2.54. The van der Waals surface area contributed by atoms with Crippen LogP contribution in [0.1, 0.15) is 76.0 Å². The number of carbonyl (C=O) groups is 1. The maximum Gasteiger partial charge on any atom is 0.311 e. The molecular formula is C21H30O3. The lowest BCUT2D eigenvalue weighted by molar-refractivity contribution is -0.161. The van der Waals surface area contributed by atoms with Gasteiger partial charge in [-0.3, -0.25) is 4.79 Å². The molecule has 1 aromatic carbocycles. The summed E-state index contributed by atoms with van der Waals surface area (Å²) in [6.07, 6.45) is 4.97. The molecule has 3 rings (SSSR count). The summed E-state index contributed by atoms with van der Waals surface area (Å²) in [5.41, 5.74) is 3.13. The normalized spacial score (nSPS) is 32.2. The van der Waals surface area contributed by atoms with Crippen molar-refractivity contribution in [1.29, 1.82) is 0 Å². The van der Waals surface area contributed by atoms with Crippen LogP contribution < -0.4 is 0 Å². The van der Waals surface area contributed by atoms with Gasteiger partial charge in [-0.1, -0.05) is 33.3 Å². The van der Waals surface area contributed by atoms with E-state index in [9.17, 15) is 9.90 Å². The molecule has 1 saturated carbocycles. The standard InChI is InChI=1S/C21H30O3/c1-13(2)15-11-14-7-8-18-20(3,16(14)12-17(15)22)9-6-10-21(18,4)19(23)24-5/h11-13,18,22H,6-10H2,1-5H3/t18-,20-,21+/m1/s1. The Morgan fingerprint density at radius 3 is 2.62 bits per heavy atom. The fourth-order valence-corrected chi connectivity index (χ4v) is 5.46. The predicted octanol–water partition coefficient (Wildman–Crippen LogP) is 4.70. The number of carbonyl (C=O) groups excluding carboxylic acids is 1. The Morgan fingerprint density at radius 2 is 2.00 bits per heavy atom. The van der Waals surface area contributed by atoms with Crippen molar-refractivity contribution in [3.05, 3.63) is 28.8 Å². The first-order valence-electron chi connectivity index (χ1n) is 9.18. The van der Waals surface area contributed by atoms with E-state index in [0.717, 1.165) is 37.7 Å². The van der Waals surface area contributed by atoms with E-state index < -0.39 is 5.41 Å². The molecule has 0 aliphatic heterocycles. The SMILES string of the molecule is COC(=O)[C@@]1(C)CCC[C@]2(C)c3cc(O)c(C(C)C)cc3CC[C@@H]12. The molecule has 132 valence electrons. The number of rotatable bonds is 2. The van der Waals surface area contributed by atoms with Gasteiger partial charge < -0.3 is 9.84 Å². The quantitative estimate of drug-likeness (QED) is 0.800. The third-order valence-electron chi connectivity index (χ3n) is 6.77. The summed E-state index contributed by atoms with van der Waals surface area (Å²) in [5.74, 6) is 0.899. The molecule has 0 saturated heterocycles. The third-order valence-corrected chi connectivity index (χ3v) is 6.77. The van der Waals surface area contributed by atoms with Gasteiger partial charge in [-0.05, 0) is 72.6 Å². The molecular weight excluding hydrogens is 300 g/mol. The Bertz CT molecular complexity index is 663. The van der Waals surface area contributed by atoms with Gasteiger partial charge in [0.15, 0.2) is 0 Å². The minimum absolute atomic E-state index is 0.0677. The number of hydrogen-bond donors (Lipinski definition) is 1. The molecule has 1 N–H and O–H groups in total. The summed E-state index contributed by atoms with van der Waals surface area (Å²) >= 11 is 0. The number of aromatic hydroxyl groups is 1. The molecule has 0 aromatic heterocycles. The van der Waals surface area contributed by atoms with Crippen molar-refractivity contribution in [3.63, 3.8) is 0 Å². The topological polar surface area (TPSA) is 46.5 Å². The fraction of sp³-hybridized carbons (Fsp3) is 0.667. The second-order valence-electron chi connectivity index (χ2n) is 8.49. The van der Waals surface area contributed by atoms with E-state index >= 15 is 0 Å². The molecule has 3 atom stereocenters. The molecule has 2 aliphatic rings. The summed E-state index contributed by atoms with van der Waals surface area (Å²) in [6, 6.07) is 4.18. The number of phenols is 1. The number of methoxy groups -OCH3 is 1. The number of hydrogen-bond acceptors (Lipinski definition) is 3. The van der Waals surface area contributed by atoms with Gasteiger partial charge in [0, 0.05) is 0 Å². The van der Waals surface area contributed by atoms with Gasteiger partial charge in [0.25, 0.3) is 0 Å². The zero-order valence-electron chi connectivity index (χ0n) is 15.6. The highest BCUT2D eigenvalue weighted by molar-refractivity contribution is 5.77. The van der Waals surface area contributed by atoms with Crippen molar-refractivity contribution in [1.82, 2.24) is 0 Å². The van der Waals surface area contributed by atoms with Gasteiger partial charge in [-0.25, -0.2) is 0 Å². The Labute approximate surface area is 145 Å². The van der Waals surface area contributed by atoms with Crippen molar-refractivity contribution < 1.29 is 14.6 Å². The van der Waals surface area contributed by atoms with Crippen LogP contribution in [-0.2, 0) is 21.4 Å². The van der Waals surface area contributed by atoms with Crippen molar-refractivity contribution >= 4 is 5.97 Å². The largest absolute Gasteiger partial charge is 0.508 e. The Kier molecular flexibility index (Phi) is 4.17. The van der Waals surface area contributed by atoms with Crippen LogP contribution in [0, 0.1) is 11.3 Å². The van der Waals surface area contributed by atoms with Gasteiger partial charge in [0.1, 0.15) is 5.75 Å². The Balaban J connectivity index is 2.11. The lowest BCUT2D eigenvalue weighted by Crippen LogP contribution is -2.52. The maximum absolute atomic E-state index is 12.5. The van der Waals surface area contributed by atoms with E-state index in [1.165, 1.54) is 18.2 Å². The number of esters is 1. The van der Waals surface area contributed by atoms with Crippen molar-refractivity contribution in [2.24, 2.45) is 11.3 Å². The monoisotopic (exact) mass is 330 g/mol. The number of fused-ring (bicyclic) bond motifs is 3. The molecule has 0 amide bonds. The molecule has 3 heteroatoms. The second-order valence-corrected chi connectivity index (χ2v) is 8.49. The highest BCUT2D eigenvalue weighted by atomic mass is 16.5. The molecule has 3 nitrogen and oxygen atoms in total. The number of benzene rings is 1. The molecule has 0 bridgehead atoms. The average Bonchev–Trinajstić information content (AvgIpc) is 2.53. The van der Waals surface area contributed by atoms with Gasteiger partial charge in [0.2, 0.25) is 0 Å². The third kappa shape index (κ3) is 2.35. The first-order valence-corrected chi connectivity index (χ1v) is 9.18. The molecule has 0 unspecified atom stereocenters. The number of ether oxygens (including phenoxy) is 1.